The molecule has 0 aliphatic rings. The van der Waals surface area contributed by atoms with Crippen molar-refractivity contribution in [1.82, 2.24) is 9.97 Å². The number of anilines is 5. The number of rotatable bonds is 5. The van der Waals surface area contributed by atoms with E-state index in [0.717, 1.165) is 11.3 Å². The van der Waals surface area contributed by atoms with Crippen molar-refractivity contribution in [3.8, 4) is 0 Å². The number of carbonyl (C=O) groups is 1. The van der Waals surface area contributed by atoms with Crippen molar-refractivity contribution >= 4 is 46.3 Å². The number of aromatic nitrogens is 2. The molecule has 0 saturated carbocycles. The fourth-order valence-corrected chi connectivity index (χ4v) is 3.04. The third-order valence-electron chi connectivity index (χ3n) is 4.29. The van der Waals surface area contributed by atoms with E-state index in [-0.39, 0.29) is 0 Å². The molecule has 3 N–H and O–H groups in total. The predicted octanol–water partition coefficient (Wildman–Crippen LogP) is 4.32. The Balaban J connectivity index is 1.98. The summed E-state index contributed by atoms with van der Waals surface area (Å²) < 4.78 is 4.87. The van der Waals surface area contributed by atoms with E-state index in [2.05, 4.69) is 15.3 Å². The smallest absolute Gasteiger partial charge is 0.339 e. The van der Waals surface area contributed by atoms with Gasteiger partial charge in [-0.3, -0.25) is 0 Å². The van der Waals surface area contributed by atoms with Crippen LogP contribution in [0.3, 0.4) is 0 Å². The van der Waals surface area contributed by atoms with Crippen LogP contribution in [0.25, 0.3) is 0 Å². The summed E-state index contributed by atoms with van der Waals surface area (Å²) in [5, 5.41) is 3.86. The lowest BCUT2D eigenvalue weighted by Crippen LogP contribution is -2.18. The first-order valence-corrected chi connectivity index (χ1v) is 8.85. The quantitative estimate of drug-likeness (QED) is 0.619. The first-order valence-electron chi connectivity index (χ1n) is 8.47. The van der Waals surface area contributed by atoms with Crippen LogP contribution in [0.15, 0.2) is 48.8 Å². The van der Waals surface area contributed by atoms with Gasteiger partial charge in [0, 0.05) is 17.8 Å². The van der Waals surface area contributed by atoms with E-state index in [1.54, 1.807) is 36.2 Å². The van der Waals surface area contributed by atoms with Gasteiger partial charge >= 0.3 is 5.97 Å². The zero-order valence-corrected chi connectivity index (χ0v) is 16.5. The maximum absolute atomic E-state index is 12.1. The summed E-state index contributed by atoms with van der Waals surface area (Å²) in [6.07, 6.45) is 1.41. The van der Waals surface area contributed by atoms with Crippen molar-refractivity contribution in [1.29, 1.82) is 0 Å². The van der Waals surface area contributed by atoms with Crippen LogP contribution in [0.2, 0.25) is 5.02 Å². The van der Waals surface area contributed by atoms with Gasteiger partial charge in [0.1, 0.15) is 12.0 Å². The van der Waals surface area contributed by atoms with Crippen LogP contribution in [-0.4, -0.2) is 30.1 Å². The van der Waals surface area contributed by atoms with E-state index in [9.17, 15) is 4.79 Å². The molecule has 0 fully saturated rings. The Hall–Kier alpha value is -3.32. The van der Waals surface area contributed by atoms with Gasteiger partial charge in [0.05, 0.1) is 18.4 Å². The Morgan fingerprint density at radius 2 is 1.96 bits per heavy atom. The summed E-state index contributed by atoms with van der Waals surface area (Å²) >= 11 is 6.02. The number of methoxy groups -OCH3 is 1. The van der Waals surface area contributed by atoms with Gasteiger partial charge in [-0.15, -0.1) is 0 Å². The Bertz CT molecular complexity index is 1030. The molecule has 0 aliphatic heterocycles. The second kappa shape index (κ2) is 8.14. The molecule has 3 aromatic rings. The number of esters is 1. The summed E-state index contributed by atoms with van der Waals surface area (Å²) in [6, 6.07) is 12.6. The van der Waals surface area contributed by atoms with Gasteiger partial charge in [0.15, 0.2) is 11.6 Å². The maximum Gasteiger partial charge on any atom is 0.339 e. The molecule has 0 atom stereocenters. The third kappa shape index (κ3) is 3.84. The van der Waals surface area contributed by atoms with Crippen molar-refractivity contribution in [3.63, 3.8) is 0 Å². The standard InChI is InChI=1S/C20H20ClN5O2/c1-12-10-13(21)8-9-15(12)25-18-17(22)19(24-11-23-18)26(2)16-7-5-4-6-14(16)20(27)28-3/h4-11H,22H2,1-3H3,(H,23,24,25). The van der Waals surface area contributed by atoms with Crippen molar-refractivity contribution in [2.75, 3.05) is 30.1 Å². The summed E-state index contributed by atoms with van der Waals surface area (Å²) in [7, 11) is 3.12. The molecule has 28 heavy (non-hydrogen) atoms. The number of nitrogens with one attached hydrogen (secondary N) is 1. The fourth-order valence-electron chi connectivity index (χ4n) is 2.81. The SMILES string of the molecule is COC(=O)c1ccccc1N(C)c1ncnc(Nc2ccc(Cl)cc2C)c1N. The molecule has 1 heterocycles. The number of carbonyl (C=O) groups excluding carboxylic acids is 1. The van der Waals surface area contributed by atoms with Crippen LogP contribution in [0.1, 0.15) is 15.9 Å². The van der Waals surface area contributed by atoms with E-state index in [0.29, 0.717) is 33.6 Å². The molecule has 0 unspecified atom stereocenters. The van der Waals surface area contributed by atoms with Crippen molar-refractivity contribution in [2.24, 2.45) is 0 Å². The van der Waals surface area contributed by atoms with Crippen LogP contribution < -0.4 is 16.0 Å². The Kier molecular flexibility index (Phi) is 5.65. The Labute approximate surface area is 168 Å². The number of aryl methyl sites for hydroxylation is 1. The number of hydrogen-bond acceptors (Lipinski definition) is 7. The number of nitrogens with zero attached hydrogens (tertiary/aromatic N) is 3. The van der Waals surface area contributed by atoms with Crippen molar-refractivity contribution in [3.05, 3.63) is 64.9 Å². The molecule has 0 spiro atoms. The van der Waals surface area contributed by atoms with E-state index in [4.69, 9.17) is 22.1 Å². The molecule has 3 rings (SSSR count). The van der Waals surface area contributed by atoms with Gasteiger partial charge in [-0.05, 0) is 42.8 Å². The van der Waals surface area contributed by atoms with Gasteiger partial charge in [0.25, 0.3) is 0 Å². The van der Waals surface area contributed by atoms with Gasteiger partial charge in [0.2, 0.25) is 0 Å². The molecule has 0 aliphatic carbocycles. The number of hydrogen-bond donors (Lipinski definition) is 2. The number of halogens is 1. The molecule has 0 amide bonds. The van der Waals surface area contributed by atoms with Gasteiger partial charge in [-0.25, -0.2) is 14.8 Å². The summed E-state index contributed by atoms with van der Waals surface area (Å²) in [6.45, 7) is 1.94. The molecule has 2 aromatic carbocycles. The fraction of sp³-hybridized carbons (Fsp3) is 0.150. The highest BCUT2D eigenvalue weighted by molar-refractivity contribution is 6.30. The van der Waals surface area contributed by atoms with E-state index in [1.807, 2.05) is 25.1 Å². The van der Waals surface area contributed by atoms with Crippen LogP contribution in [0.5, 0.6) is 0 Å². The number of ether oxygens (including phenoxy) is 1. The average Bonchev–Trinajstić information content (AvgIpc) is 2.70. The third-order valence-corrected chi connectivity index (χ3v) is 4.53. The Morgan fingerprint density at radius 3 is 2.68 bits per heavy atom. The number of benzene rings is 2. The number of nitrogen functional groups attached to an aromatic ring is 1. The monoisotopic (exact) mass is 397 g/mol. The zero-order valence-electron chi connectivity index (χ0n) is 15.7. The molecular weight excluding hydrogens is 378 g/mol. The lowest BCUT2D eigenvalue weighted by Gasteiger charge is -2.23. The highest BCUT2D eigenvalue weighted by Crippen LogP contribution is 2.34. The van der Waals surface area contributed by atoms with Crippen LogP contribution in [0.4, 0.5) is 28.7 Å². The summed E-state index contributed by atoms with van der Waals surface area (Å²) in [5.41, 5.74) is 9.50. The number of para-hydroxylation sites is 1. The second-order valence-electron chi connectivity index (χ2n) is 6.11. The average molecular weight is 398 g/mol. The molecule has 0 radical (unpaired) electrons. The molecule has 0 saturated heterocycles. The minimum atomic E-state index is -0.440. The Morgan fingerprint density at radius 1 is 1.21 bits per heavy atom. The highest BCUT2D eigenvalue weighted by Gasteiger charge is 2.19. The predicted molar refractivity (Wildman–Crippen MR) is 112 cm³/mol. The summed E-state index contributed by atoms with van der Waals surface area (Å²) in [5.74, 6) is 0.475. The van der Waals surface area contributed by atoms with Crippen LogP contribution in [0, 0.1) is 6.92 Å². The largest absolute Gasteiger partial charge is 0.465 e. The molecule has 1 aromatic heterocycles. The minimum Gasteiger partial charge on any atom is -0.465 e. The molecule has 8 heteroatoms. The van der Waals surface area contributed by atoms with Gasteiger partial charge in [-0.1, -0.05) is 23.7 Å². The molecule has 7 nitrogen and oxygen atoms in total. The van der Waals surface area contributed by atoms with Gasteiger partial charge in [-0.2, -0.15) is 0 Å². The van der Waals surface area contributed by atoms with Gasteiger partial charge < -0.3 is 20.7 Å². The van der Waals surface area contributed by atoms with E-state index >= 15 is 0 Å². The second-order valence-corrected chi connectivity index (χ2v) is 6.55. The van der Waals surface area contributed by atoms with E-state index < -0.39 is 5.97 Å². The van der Waals surface area contributed by atoms with Crippen LogP contribution >= 0.6 is 11.6 Å². The first kappa shape index (κ1) is 19.4. The summed E-state index contributed by atoms with van der Waals surface area (Å²) in [4.78, 5) is 22.4. The van der Waals surface area contributed by atoms with E-state index in [1.165, 1.54) is 13.4 Å². The maximum atomic E-state index is 12.1. The normalized spacial score (nSPS) is 10.4. The first-order chi connectivity index (χ1) is 13.4. The molecule has 0 bridgehead atoms. The van der Waals surface area contributed by atoms with Crippen molar-refractivity contribution in [2.45, 2.75) is 6.92 Å². The lowest BCUT2D eigenvalue weighted by molar-refractivity contribution is 0.0601. The highest BCUT2D eigenvalue weighted by atomic mass is 35.5. The molecular formula is C20H20ClN5O2. The topological polar surface area (TPSA) is 93.4 Å². The molecule has 144 valence electrons. The number of nitrogens with two attached hydrogens (primary N) is 1. The minimum absolute atomic E-state index is 0.346. The lowest BCUT2D eigenvalue weighted by atomic mass is 10.1. The van der Waals surface area contributed by atoms with Crippen LogP contribution in [-0.2, 0) is 4.74 Å². The zero-order chi connectivity index (χ0) is 20.3. The van der Waals surface area contributed by atoms with Crippen molar-refractivity contribution < 1.29 is 9.53 Å².